The number of pyridine rings is 1. The minimum Gasteiger partial charge on any atom is -0.378 e. The summed E-state index contributed by atoms with van der Waals surface area (Å²) in [6.07, 6.45) is 1.86. The fourth-order valence-corrected chi connectivity index (χ4v) is 3.05. The number of halogens is 2. The first-order valence-corrected chi connectivity index (χ1v) is 8.40. The molecule has 1 fully saturated rings. The van der Waals surface area contributed by atoms with Gasteiger partial charge >= 0.3 is 0 Å². The van der Waals surface area contributed by atoms with Crippen LogP contribution in [-0.4, -0.2) is 37.2 Å². The van der Waals surface area contributed by atoms with Crippen LogP contribution in [0.2, 0.25) is 10.0 Å². The molecule has 0 bridgehead atoms. The predicted molar refractivity (Wildman–Crippen MR) is 96.1 cm³/mol. The molecule has 0 saturated carbocycles. The summed E-state index contributed by atoms with van der Waals surface area (Å²) < 4.78 is 5.33. The summed E-state index contributed by atoms with van der Waals surface area (Å²) in [5.74, 6) is 0.289. The Morgan fingerprint density at radius 3 is 2.50 bits per heavy atom. The Bertz CT molecular complexity index is 696. The largest absolute Gasteiger partial charge is 0.378 e. The molecule has 1 saturated heterocycles. The summed E-state index contributed by atoms with van der Waals surface area (Å²) in [6, 6.07) is 8.90. The van der Waals surface area contributed by atoms with Crippen LogP contribution in [0.4, 0.5) is 11.5 Å². The fourth-order valence-electron chi connectivity index (χ4n) is 2.52. The van der Waals surface area contributed by atoms with Crippen molar-refractivity contribution >= 4 is 40.6 Å². The first-order valence-electron chi connectivity index (χ1n) is 7.65. The zero-order valence-corrected chi connectivity index (χ0v) is 14.5. The highest BCUT2D eigenvalue weighted by molar-refractivity contribution is 6.36. The molecular weight excluding hydrogens is 349 g/mol. The summed E-state index contributed by atoms with van der Waals surface area (Å²) >= 11 is 12.2. The first kappa shape index (κ1) is 17.0. The number of nitrogens with one attached hydrogen (secondary N) is 1. The van der Waals surface area contributed by atoms with Gasteiger partial charge in [-0.3, -0.25) is 4.79 Å². The van der Waals surface area contributed by atoms with E-state index in [0.29, 0.717) is 21.4 Å². The van der Waals surface area contributed by atoms with Gasteiger partial charge in [-0.05, 0) is 29.8 Å². The molecule has 0 unspecified atom stereocenters. The number of benzene rings is 1. The van der Waals surface area contributed by atoms with Crippen molar-refractivity contribution in [1.29, 1.82) is 0 Å². The van der Waals surface area contributed by atoms with Gasteiger partial charge < -0.3 is 15.0 Å². The Balaban J connectivity index is 1.62. The van der Waals surface area contributed by atoms with Crippen LogP contribution < -0.4 is 10.2 Å². The zero-order chi connectivity index (χ0) is 16.9. The molecule has 1 aromatic carbocycles. The van der Waals surface area contributed by atoms with Crippen LogP contribution >= 0.6 is 23.2 Å². The van der Waals surface area contributed by atoms with Crippen molar-refractivity contribution in [3.05, 3.63) is 52.1 Å². The van der Waals surface area contributed by atoms with Gasteiger partial charge in [-0.2, -0.15) is 0 Å². The number of hydrogen-bond donors (Lipinski definition) is 1. The number of rotatable bonds is 4. The lowest BCUT2D eigenvalue weighted by Gasteiger charge is -2.28. The van der Waals surface area contributed by atoms with E-state index in [2.05, 4.69) is 15.2 Å². The predicted octanol–water partition coefficient (Wildman–Crippen LogP) is 3.41. The number of amides is 1. The van der Waals surface area contributed by atoms with E-state index < -0.39 is 0 Å². The molecule has 7 heteroatoms. The second-order valence-corrected chi connectivity index (χ2v) is 6.24. The lowest BCUT2D eigenvalue weighted by atomic mass is 10.1. The summed E-state index contributed by atoms with van der Waals surface area (Å²) in [5, 5.41) is 3.72. The van der Waals surface area contributed by atoms with Gasteiger partial charge in [-0.25, -0.2) is 4.98 Å². The molecule has 24 heavy (non-hydrogen) atoms. The highest BCUT2D eigenvalue weighted by Gasteiger charge is 2.13. The number of carbonyl (C=O) groups is 1. The fraction of sp³-hybridized carbons (Fsp3) is 0.294. The van der Waals surface area contributed by atoms with Crippen LogP contribution in [-0.2, 0) is 16.0 Å². The summed E-state index contributed by atoms with van der Waals surface area (Å²) in [7, 11) is 0. The number of anilines is 2. The van der Waals surface area contributed by atoms with Crippen molar-refractivity contribution < 1.29 is 9.53 Å². The Morgan fingerprint density at radius 1 is 1.17 bits per heavy atom. The number of morpholine rings is 1. The van der Waals surface area contributed by atoms with E-state index in [1.54, 1.807) is 30.5 Å². The van der Waals surface area contributed by atoms with E-state index >= 15 is 0 Å². The molecule has 3 rings (SSSR count). The van der Waals surface area contributed by atoms with Crippen LogP contribution in [0.5, 0.6) is 0 Å². The third-order valence-electron chi connectivity index (χ3n) is 3.79. The van der Waals surface area contributed by atoms with Gasteiger partial charge in [0.05, 0.1) is 31.5 Å². The minimum absolute atomic E-state index is 0.103. The summed E-state index contributed by atoms with van der Waals surface area (Å²) in [6.45, 7) is 3.13. The van der Waals surface area contributed by atoms with Crippen molar-refractivity contribution in [2.24, 2.45) is 0 Å². The van der Waals surface area contributed by atoms with Gasteiger partial charge in [-0.1, -0.05) is 29.3 Å². The average molecular weight is 366 g/mol. The van der Waals surface area contributed by atoms with Crippen LogP contribution in [0.1, 0.15) is 5.56 Å². The third-order valence-corrected chi connectivity index (χ3v) is 4.50. The van der Waals surface area contributed by atoms with Gasteiger partial charge in [0.1, 0.15) is 5.82 Å². The van der Waals surface area contributed by atoms with Gasteiger partial charge in [0.2, 0.25) is 5.91 Å². The lowest BCUT2D eigenvalue weighted by molar-refractivity contribution is -0.115. The maximum Gasteiger partial charge on any atom is 0.230 e. The monoisotopic (exact) mass is 365 g/mol. The number of hydrogen-bond acceptors (Lipinski definition) is 4. The van der Waals surface area contributed by atoms with E-state index in [1.165, 1.54) is 0 Å². The van der Waals surface area contributed by atoms with E-state index in [0.717, 1.165) is 32.0 Å². The van der Waals surface area contributed by atoms with Crippen LogP contribution in [0.25, 0.3) is 0 Å². The van der Waals surface area contributed by atoms with Crippen molar-refractivity contribution in [3.8, 4) is 0 Å². The number of aromatic nitrogens is 1. The molecular formula is C17H17Cl2N3O2. The van der Waals surface area contributed by atoms with Crippen molar-refractivity contribution in [3.63, 3.8) is 0 Å². The van der Waals surface area contributed by atoms with E-state index in [1.807, 2.05) is 6.07 Å². The molecule has 1 aliphatic rings. The van der Waals surface area contributed by atoms with E-state index in [4.69, 9.17) is 27.9 Å². The molecule has 1 amide bonds. The maximum atomic E-state index is 12.2. The first-order chi connectivity index (χ1) is 11.6. The van der Waals surface area contributed by atoms with Crippen LogP contribution in [0.3, 0.4) is 0 Å². The molecule has 0 spiro atoms. The number of carbonyl (C=O) groups excluding carboxylic acids is 1. The Labute approximate surface area is 150 Å². The summed E-state index contributed by atoms with van der Waals surface area (Å²) in [5.41, 5.74) is 1.63. The highest BCUT2D eigenvalue weighted by atomic mass is 35.5. The maximum absolute atomic E-state index is 12.2. The van der Waals surface area contributed by atoms with Crippen molar-refractivity contribution in [2.75, 3.05) is 36.5 Å². The molecule has 1 aliphatic heterocycles. The molecule has 126 valence electrons. The normalized spacial score (nSPS) is 14.5. The Morgan fingerprint density at radius 2 is 1.88 bits per heavy atom. The van der Waals surface area contributed by atoms with Crippen molar-refractivity contribution in [2.45, 2.75) is 6.42 Å². The molecule has 2 aromatic rings. The quantitative estimate of drug-likeness (QED) is 0.901. The van der Waals surface area contributed by atoms with Crippen molar-refractivity contribution in [1.82, 2.24) is 4.98 Å². The second kappa shape index (κ2) is 7.83. The molecule has 0 aliphatic carbocycles. The third kappa shape index (κ3) is 4.17. The van der Waals surface area contributed by atoms with Gasteiger partial charge in [0.25, 0.3) is 0 Å². The van der Waals surface area contributed by atoms with Crippen LogP contribution in [0.15, 0.2) is 36.5 Å². The lowest BCUT2D eigenvalue weighted by Crippen LogP contribution is -2.36. The van der Waals surface area contributed by atoms with E-state index in [9.17, 15) is 4.79 Å². The van der Waals surface area contributed by atoms with E-state index in [-0.39, 0.29) is 12.3 Å². The average Bonchev–Trinajstić information content (AvgIpc) is 2.60. The molecule has 5 nitrogen and oxygen atoms in total. The minimum atomic E-state index is -0.211. The topological polar surface area (TPSA) is 54.5 Å². The number of nitrogens with zero attached hydrogens (tertiary/aromatic N) is 2. The van der Waals surface area contributed by atoms with Crippen LogP contribution in [0, 0.1) is 0 Å². The standard InChI is InChI=1S/C17H17Cl2N3O2/c18-14-2-1-3-15(19)13(14)10-17(23)21-16-5-4-12(11-20-16)22-6-8-24-9-7-22/h1-5,11H,6-10H2,(H,20,21,23). The SMILES string of the molecule is O=C(Cc1c(Cl)cccc1Cl)Nc1ccc(N2CCOCC2)cn1. The molecule has 1 N–H and O–H groups in total. The van der Waals surface area contributed by atoms with Gasteiger partial charge in [0, 0.05) is 23.1 Å². The molecule has 2 heterocycles. The van der Waals surface area contributed by atoms with Gasteiger partial charge in [-0.15, -0.1) is 0 Å². The molecule has 0 radical (unpaired) electrons. The number of ether oxygens (including phenoxy) is 1. The smallest absolute Gasteiger partial charge is 0.230 e. The highest BCUT2D eigenvalue weighted by Crippen LogP contribution is 2.25. The Kier molecular flexibility index (Phi) is 5.56. The Hall–Kier alpha value is -1.82. The summed E-state index contributed by atoms with van der Waals surface area (Å²) in [4.78, 5) is 18.7. The van der Waals surface area contributed by atoms with Gasteiger partial charge in [0.15, 0.2) is 0 Å². The molecule has 0 atom stereocenters. The molecule has 1 aromatic heterocycles. The second-order valence-electron chi connectivity index (χ2n) is 5.43. The zero-order valence-electron chi connectivity index (χ0n) is 13.0.